The van der Waals surface area contributed by atoms with E-state index in [1.165, 1.54) is 5.56 Å². The average Bonchev–Trinajstić information content (AvgIpc) is 2.44. The highest BCUT2D eigenvalue weighted by Gasteiger charge is 2.22. The standard InChI is InChI=1S/C15H21BrN2O/c1-3-14(18-9-7-17-8-10-18)13-11-12(16)5-6-15(13)19-4-2/h3,5-6,11,14,17H,1,4,7-10H2,2H3/t14-/m0/s1. The van der Waals surface area contributed by atoms with E-state index in [4.69, 9.17) is 4.74 Å². The molecular formula is C15H21BrN2O. The van der Waals surface area contributed by atoms with Crippen LogP contribution in [-0.2, 0) is 0 Å². The summed E-state index contributed by atoms with van der Waals surface area (Å²) in [7, 11) is 0. The minimum atomic E-state index is 0.209. The summed E-state index contributed by atoms with van der Waals surface area (Å²) in [6.07, 6.45) is 2.01. The van der Waals surface area contributed by atoms with Gasteiger partial charge in [0, 0.05) is 36.2 Å². The number of rotatable bonds is 5. The van der Waals surface area contributed by atoms with Crippen LogP contribution in [0.25, 0.3) is 0 Å². The predicted molar refractivity (Wildman–Crippen MR) is 82.7 cm³/mol. The topological polar surface area (TPSA) is 24.5 Å². The van der Waals surface area contributed by atoms with Gasteiger partial charge in [0.1, 0.15) is 5.75 Å². The number of hydrogen-bond donors (Lipinski definition) is 1. The van der Waals surface area contributed by atoms with Crippen molar-refractivity contribution in [1.82, 2.24) is 10.2 Å². The molecule has 0 unspecified atom stereocenters. The first-order valence-corrected chi connectivity index (χ1v) is 7.55. The summed E-state index contributed by atoms with van der Waals surface area (Å²) in [4.78, 5) is 2.44. The van der Waals surface area contributed by atoms with Crippen LogP contribution in [0.4, 0.5) is 0 Å². The summed E-state index contributed by atoms with van der Waals surface area (Å²) in [6, 6.07) is 6.40. The summed E-state index contributed by atoms with van der Waals surface area (Å²) in [5, 5.41) is 3.38. The van der Waals surface area contributed by atoms with Crippen LogP contribution in [0.1, 0.15) is 18.5 Å². The van der Waals surface area contributed by atoms with E-state index in [0.717, 1.165) is 36.4 Å². The van der Waals surface area contributed by atoms with Crippen LogP contribution >= 0.6 is 15.9 Å². The molecule has 0 bridgehead atoms. The summed E-state index contributed by atoms with van der Waals surface area (Å²) in [6.45, 7) is 10.8. The predicted octanol–water partition coefficient (Wildman–Crippen LogP) is 2.98. The van der Waals surface area contributed by atoms with E-state index in [2.05, 4.69) is 38.8 Å². The summed E-state index contributed by atoms with van der Waals surface area (Å²) < 4.78 is 6.83. The van der Waals surface area contributed by atoms with Crippen molar-refractivity contribution in [1.29, 1.82) is 0 Å². The molecule has 0 saturated carbocycles. The van der Waals surface area contributed by atoms with E-state index in [1.54, 1.807) is 0 Å². The zero-order chi connectivity index (χ0) is 13.7. The van der Waals surface area contributed by atoms with Crippen molar-refractivity contribution in [3.05, 3.63) is 40.9 Å². The fraction of sp³-hybridized carbons (Fsp3) is 0.467. The molecule has 0 aliphatic carbocycles. The molecule has 104 valence electrons. The average molecular weight is 325 g/mol. The maximum atomic E-state index is 5.75. The lowest BCUT2D eigenvalue weighted by molar-refractivity contribution is 0.199. The van der Waals surface area contributed by atoms with Gasteiger partial charge in [0.2, 0.25) is 0 Å². The zero-order valence-electron chi connectivity index (χ0n) is 11.4. The molecule has 0 radical (unpaired) electrons. The molecule has 1 atom stereocenters. The van der Waals surface area contributed by atoms with Gasteiger partial charge in [-0.05, 0) is 25.1 Å². The number of halogens is 1. The van der Waals surface area contributed by atoms with Crippen LogP contribution in [0.3, 0.4) is 0 Å². The fourth-order valence-electron chi connectivity index (χ4n) is 2.47. The van der Waals surface area contributed by atoms with E-state index >= 15 is 0 Å². The normalized spacial score (nSPS) is 18.0. The van der Waals surface area contributed by atoms with Crippen molar-refractivity contribution in [2.24, 2.45) is 0 Å². The molecule has 4 heteroatoms. The molecular weight excluding hydrogens is 304 g/mol. The highest BCUT2D eigenvalue weighted by molar-refractivity contribution is 9.10. The van der Waals surface area contributed by atoms with Crippen molar-refractivity contribution < 1.29 is 4.74 Å². The number of benzene rings is 1. The van der Waals surface area contributed by atoms with Crippen molar-refractivity contribution in [2.45, 2.75) is 13.0 Å². The van der Waals surface area contributed by atoms with Crippen LogP contribution in [0, 0.1) is 0 Å². The van der Waals surface area contributed by atoms with Crippen molar-refractivity contribution >= 4 is 15.9 Å². The van der Waals surface area contributed by atoms with Crippen LogP contribution in [0.15, 0.2) is 35.3 Å². The minimum absolute atomic E-state index is 0.209. The Morgan fingerprint density at radius 1 is 1.47 bits per heavy atom. The first-order chi connectivity index (χ1) is 9.26. The van der Waals surface area contributed by atoms with Gasteiger partial charge in [0.25, 0.3) is 0 Å². The van der Waals surface area contributed by atoms with E-state index in [9.17, 15) is 0 Å². The molecule has 0 aromatic heterocycles. The van der Waals surface area contributed by atoms with E-state index in [0.29, 0.717) is 6.61 Å². The lowest BCUT2D eigenvalue weighted by Gasteiger charge is -2.34. The van der Waals surface area contributed by atoms with Crippen molar-refractivity contribution in [3.63, 3.8) is 0 Å². The molecule has 1 aliphatic rings. The van der Waals surface area contributed by atoms with Crippen LogP contribution in [0.5, 0.6) is 5.75 Å². The van der Waals surface area contributed by atoms with Gasteiger partial charge in [-0.2, -0.15) is 0 Å². The Labute approximate surface area is 123 Å². The molecule has 19 heavy (non-hydrogen) atoms. The lowest BCUT2D eigenvalue weighted by atomic mass is 10.0. The first-order valence-electron chi connectivity index (χ1n) is 6.75. The Morgan fingerprint density at radius 2 is 2.21 bits per heavy atom. The van der Waals surface area contributed by atoms with Gasteiger partial charge in [-0.1, -0.05) is 22.0 Å². The van der Waals surface area contributed by atoms with Gasteiger partial charge in [0.05, 0.1) is 12.6 Å². The summed E-state index contributed by atoms with van der Waals surface area (Å²) in [5.41, 5.74) is 1.19. The van der Waals surface area contributed by atoms with Crippen LogP contribution in [-0.4, -0.2) is 37.7 Å². The molecule has 2 rings (SSSR count). The smallest absolute Gasteiger partial charge is 0.124 e. The zero-order valence-corrected chi connectivity index (χ0v) is 12.9. The Balaban J connectivity index is 2.29. The summed E-state index contributed by atoms with van der Waals surface area (Å²) in [5.74, 6) is 0.953. The quantitative estimate of drug-likeness (QED) is 0.843. The Morgan fingerprint density at radius 3 is 2.84 bits per heavy atom. The number of ether oxygens (including phenoxy) is 1. The van der Waals surface area contributed by atoms with Crippen LogP contribution < -0.4 is 10.1 Å². The van der Waals surface area contributed by atoms with Gasteiger partial charge in [0.15, 0.2) is 0 Å². The van der Waals surface area contributed by atoms with Gasteiger partial charge in [-0.3, -0.25) is 4.90 Å². The van der Waals surface area contributed by atoms with Crippen LogP contribution in [0.2, 0.25) is 0 Å². The Kier molecular flexibility index (Phi) is 5.43. The van der Waals surface area contributed by atoms with E-state index < -0.39 is 0 Å². The van der Waals surface area contributed by atoms with Gasteiger partial charge >= 0.3 is 0 Å². The third-order valence-electron chi connectivity index (χ3n) is 3.36. The number of hydrogen-bond acceptors (Lipinski definition) is 3. The molecule has 0 spiro atoms. The lowest BCUT2D eigenvalue weighted by Crippen LogP contribution is -2.44. The van der Waals surface area contributed by atoms with Crippen molar-refractivity contribution in [3.8, 4) is 5.75 Å². The van der Waals surface area contributed by atoms with Gasteiger partial charge < -0.3 is 10.1 Å². The van der Waals surface area contributed by atoms with E-state index in [-0.39, 0.29) is 6.04 Å². The molecule has 1 aromatic carbocycles. The maximum Gasteiger partial charge on any atom is 0.124 e. The second-order valence-corrected chi connectivity index (χ2v) is 5.50. The minimum Gasteiger partial charge on any atom is -0.494 e. The second-order valence-electron chi connectivity index (χ2n) is 4.58. The molecule has 1 saturated heterocycles. The van der Waals surface area contributed by atoms with Gasteiger partial charge in [-0.15, -0.1) is 6.58 Å². The third kappa shape index (κ3) is 3.59. The highest BCUT2D eigenvalue weighted by atomic mass is 79.9. The Hall–Kier alpha value is -0.840. The Bertz CT molecular complexity index is 430. The third-order valence-corrected chi connectivity index (χ3v) is 3.85. The maximum absolute atomic E-state index is 5.75. The number of piperazine rings is 1. The molecule has 3 nitrogen and oxygen atoms in total. The van der Waals surface area contributed by atoms with Crippen molar-refractivity contribution in [2.75, 3.05) is 32.8 Å². The first kappa shape index (κ1) is 14.6. The molecule has 0 amide bonds. The monoisotopic (exact) mass is 324 g/mol. The molecule has 1 aliphatic heterocycles. The van der Waals surface area contributed by atoms with Gasteiger partial charge in [-0.25, -0.2) is 0 Å². The number of nitrogens with zero attached hydrogens (tertiary/aromatic N) is 1. The molecule has 1 aromatic rings. The second kappa shape index (κ2) is 7.08. The van der Waals surface area contributed by atoms with E-state index in [1.807, 2.05) is 25.1 Å². The largest absolute Gasteiger partial charge is 0.494 e. The summed E-state index contributed by atoms with van der Waals surface area (Å²) >= 11 is 3.55. The number of nitrogens with one attached hydrogen (secondary N) is 1. The fourth-order valence-corrected chi connectivity index (χ4v) is 2.85. The molecule has 1 heterocycles. The highest BCUT2D eigenvalue weighted by Crippen LogP contribution is 2.33. The molecule has 1 N–H and O–H groups in total. The SMILES string of the molecule is C=C[C@@H](c1cc(Br)ccc1OCC)N1CCNCC1. The molecule has 1 fully saturated rings.